The molecule has 6 rings (SSSR count). The smallest absolute Gasteiger partial charge is 0.245 e. The van der Waals surface area contributed by atoms with Crippen molar-refractivity contribution in [1.82, 2.24) is 31.5 Å². The summed E-state index contributed by atoms with van der Waals surface area (Å²) in [4.78, 5) is 103. The summed E-state index contributed by atoms with van der Waals surface area (Å²) in [5.41, 5.74) is 17.2. The molecule has 6 atom stereocenters. The second kappa shape index (κ2) is 24.8. The van der Waals surface area contributed by atoms with Gasteiger partial charge in [-0.2, -0.15) is 0 Å². The van der Waals surface area contributed by atoms with Gasteiger partial charge in [0, 0.05) is 32.4 Å². The number of rotatable bonds is 26. The van der Waals surface area contributed by atoms with Crippen molar-refractivity contribution < 1.29 is 43.8 Å². The van der Waals surface area contributed by atoms with Crippen LogP contribution in [-0.2, 0) is 40.0 Å². The number of hydrogen-bond donors (Lipinski definition) is 10. The minimum Gasteiger partial charge on any atom is -0.508 e. The first kappa shape index (κ1) is 53.7. The minimum atomic E-state index is -1.35. The topological polar surface area (TPSA) is 314 Å². The molecule has 6 amide bonds. The second-order valence-corrected chi connectivity index (χ2v) is 20.9. The lowest BCUT2D eigenvalue weighted by Crippen LogP contribution is -2.60. The molecule has 19 nitrogen and oxygen atoms in total. The van der Waals surface area contributed by atoms with Gasteiger partial charge in [0.05, 0.1) is 12.6 Å². The number of aliphatic hydroxyl groups is 1. The summed E-state index contributed by atoms with van der Waals surface area (Å²) in [6.45, 7) is 7.41. The fourth-order valence-electron chi connectivity index (χ4n) is 11.5. The highest BCUT2D eigenvalue weighted by molar-refractivity contribution is 5.97. The molecule has 5 fully saturated rings. The number of nitrogens with two attached hydrogens (primary N) is 3. The van der Waals surface area contributed by atoms with Crippen LogP contribution in [0.3, 0.4) is 0 Å². The number of carbonyl (C=O) groups excluding carboxylic acids is 7. The number of likely N-dealkylation sites (tertiary alicyclic amines) is 1. The van der Waals surface area contributed by atoms with Crippen molar-refractivity contribution in [2.24, 2.45) is 57.2 Å². The number of Topliss-reactive ketones (excluding diaryl/α,β-unsaturated/α-hetero) is 1. The van der Waals surface area contributed by atoms with Gasteiger partial charge in [-0.05, 0) is 136 Å². The number of benzene rings is 1. The minimum absolute atomic E-state index is 0.00555. The van der Waals surface area contributed by atoms with Crippen molar-refractivity contribution in [2.45, 2.75) is 160 Å². The summed E-state index contributed by atoms with van der Waals surface area (Å²) < 4.78 is 0. The van der Waals surface area contributed by atoms with Gasteiger partial charge in [0.1, 0.15) is 36.0 Å². The summed E-state index contributed by atoms with van der Waals surface area (Å²) in [7, 11) is 0. The van der Waals surface area contributed by atoms with E-state index in [0.29, 0.717) is 49.1 Å². The Morgan fingerprint density at radius 2 is 1.26 bits per heavy atom. The van der Waals surface area contributed by atoms with E-state index in [1.165, 1.54) is 36.3 Å². The largest absolute Gasteiger partial charge is 0.508 e. The standard InChI is InChI=1S/C49H78N10O9/c1-28(2)17-36(43(64)55-35(7-5-15-53-48(51)52)47(68)59-16-6-8-40(59)41(62)13-14-50)56-44(65)37(18-29(3)4)57-45(66)38(22-30-9-11-34(61)12-10-30)58-46(67)39(27-60)54-42(63)26-49-23-31-19-32(24-49)21-33(20-31)25-49/h9-12,28-29,31-33,35-40,60-61H,5-8,13-27,50H2,1-4H3,(H,54,63)(H,55,64)(H,56,65)(H,57,66)(H,58,67)(H4,51,52,53)/t31?,32?,33?,35-,36-,37+,38-,39-,40-,49?/m0/s1. The number of amides is 6. The van der Waals surface area contributed by atoms with Crippen LogP contribution in [-0.4, -0.2) is 125 Å². The number of carbonyl (C=O) groups is 7. The first-order valence-corrected chi connectivity index (χ1v) is 24.8. The molecule has 1 heterocycles. The molecule has 1 aliphatic heterocycles. The van der Waals surface area contributed by atoms with Gasteiger partial charge < -0.3 is 58.9 Å². The Hall–Kier alpha value is -5.30. The lowest BCUT2D eigenvalue weighted by molar-refractivity contribution is -0.141. The van der Waals surface area contributed by atoms with E-state index in [1.54, 1.807) is 12.1 Å². The van der Waals surface area contributed by atoms with Crippen LogP contribution in [0.25, 0.3) is 0 Å². The lowest BCUT2D eigenvalue weighted by Gasteiger charge is -2.56. The summed E-state index contributed by atoms with van der Waals surface area (Å²) in [5, 5.41) is 34.2. The van der Waals surface area contributed by atoms with Gasteiger partial charge in [0.15, 0.2) is 11.7 Å². The molecule has 0 radical (unpaired) electrons. The van der Waals surface area contributed by atoms with Crippen molar-refractivity contribution in [2.75, 3.05) is 26.2 Å². The molecule has 4 bridgehead atoms. The Bertz CT molecular complexity index is 1920. The highest BCUT2D eigenvalue weighted by atomic mass is 16.3. The zero-order valence-corrected chi connectivity index (χ0v) is 40.5. The van der Waals surface area contributed by atoms with E-state index in [1.807, 2.05) is 27.7 Å². The Labute approximate surface area is 400 Å². The number of guanidine groups is 1. The summed E-state index contributed by atoms with van der Waals surface area (Å²) >= 11 is 0. The van der Waals surface area contributed by atoms with Gasteiger partial charge in [-0.1, -0.05) is 39.8 Å². The van der Waals surface area contributed by atoms with Crippen LogP contribution in [0.5, 0.6) is 5.75 Å². The number of ketones is 1. The van der Waals surface area contributed by atoms with Crippen molar-refractivity contribution in [3.05, 3.63) is 29.8 Å². The first-order valence-electron chi connectivity index (χ1n) is 24.8. The molecule has 1 aromatic carbocycles. The fourth-order valence-corrected chi connectivity index (χ4v) is 11.5. The Morgan fingerprint density at radius 3 is 1.78 bits per heavy atom. The summed E-state index contributed by atoms with van der Waals surface area (Å²) in [6, 6.07) is -0.651. The quantitative estimate of drug-likeness (QED) is 0.0354. The van der Waals surface area contributed by atoms with Crippen LogP contribution in [0.4, 0.5) is 0 Å². The highest BCUT2D eigenvalue weighted by Crippen LogP contribution is 2.61. The van der Waals surface area contributed by atoms with Gasteiger partial charge in [-0.3, -0.25) is 38.6 Å². The van der Waals surface area contributed by atoms with Gasteiger partial charge in [-0.15, -0.1) is 0 Å². The first-order chi connectivity index (χ1) is 32.3. The van der Waals surface area contributed by atoms with E-state index in [0.717, 1.165) is 19.3 Å². The zero-order valence-electron chi connectivity index (χ0n) is 40.5. The fraction of sp³-hybridized carbons (Fsp3) is 0.714. The van der Waals surface area contributed by atoms with Gasteiger partial charge >= 0.3 is 0 Å². The molecule has 4 aliphatic carbocycles. The molecular weight excluding hydrogens is 873 g/mol. The molecule has 0 aromatic heterocycles. The van der Waals surface area contributed by atoms with E-state index in [9.17, 15) is 43.8 Å². The van der Waals surface area contributed by atoms with Crippen molar-refractivity contribution in [3.8, 4) is 5.75 Å². The molecule has 13 N–H and O–H groups in total. The van der Waals surface area contributed by atoms with E-state index >= 15 is 0 Å². The van der Waals surface area contributed by atoms with E-state index < -0.39 is 72.4 Å². The molecule has 0 spiro atoms. The number of phenols is 1. The molecule has 1 aromatic rings. The second-order valence-electron chi connectivity index (χ2n) is 20.9. The van der Waals surface area contributed by atoms with Gasteiger partial charge in [0.25, 0.3) is 0 Å². The van der Waals surface area contributed by atoms with Gasteiger partial charge in [0.2, 0.25) is 35.4 Å². The number of aliphatic hydroxyl groups excluding tert-OH is 1. The maximum Gasteiger partial charge on any atom is 0.245 e. The van der Waals surface area contributed by atoms with Crippen LogP contribution in [0.1, 0.15) is 123 Å². The summed E-state index contributed by atoms with van der Waals surface area (Å²) in [5.74, 6) is -2.22. The van der Waals surface area contributed by atoms with E-state index in [2.05, 4.69) is 31.6 Å². The van der Waals surface area contributed by atoms with Crippen molar-refractivity contribution in [3.63, 3.8) is 0 Å². The predicted molar refractivity (Wildman–Crippen MR) is 256 cm³/mol. The van der Waals surface area contributed by atoms with Crippen LogP contribution < -0.4 is 43.8 Å². The SMILES string of the molecule is CC(C)C[C@H](NC(=O)[C@@H](CC(C)C)NC(=O)[C@H](Cc1ccc(O)cc1)NC(=O)[C@H](CO)NC(=O)CC12CC3CC(CC(C3)C1)C2)C(=O)N[C@@H](CCCN=C(N)N)C(=O)N1CCC[C@H]1C(=O)CCN. The van der Waals surface area contributed by atoms with Crippen LogP contribution in [0.15, 0.2) is 29.3 Å². The normalized spacial score (nSPS) is 23.8. The van der Waals surface area contributed by atoms with Crippen molar-refractivity contribution in [1.29, 1.82) is 0 Å². The third kappa shape index (κ3) is 15.4. The lowest BCUT2D eigenvalue weighted by atomic mass is 9.49. The maximum absolute atomic E-state index is 14.3. The molecule has 378 valence electrons. The van der Waals surface area contributed by atoms with Crippen LogP contribution >= 0.6 is 0 Å². The van der Waals surface area contributed by atoms with Crippen LogP contribution in [0, 0.1) is 35.0 Å². The van der Waals surface area contributed by atoms with Crippen molar-refractivity contribution >= 4 is 47.2 Å². The molecular formula is C49H78N10O9. The monoisotopic (exact) mass is 951 g/mol. The third-order valence-electron chi connectivity index (χ3n) is 14.1. The predicted octanol–water partition coefficient (Wildman–Crippen LogP) is 1.01. The molecule has 19 heteroatoms. The average Bonchev–Trinajstić information content (AvgIpc) is 3.76. The molecule has 0 unspecified atom stereocenters. The molecule has 4 saturated carbocycles. The van der Waals surface area contributed by atoms with E-state index in [-0.39, 0.29) is 92.3 Å². The molecule has 5 aliphatic rings. The van der Waals surface area contributed by atoms with E-state index in [4.69, 9.17) is 17.2 Å². The number of nitrogens with one attached hydrogen (secondary N) is 5. The number of aromatic hydroxyl groups is 1. The number of aliphatic imine (C=N–C) groups is 1. The average molecular weight is 951 g/mol. The summed E-state index contributed by atoms with van der Waals surface area (Å²) in [6.07, 6.45) is 8.80. The molecule has 68 heavy (non-hydrogen) atoms. The van der Waals surface area contributed by atoms with Gasteiger partial charge in [-0.25, -0.2) is 0 Å². The maximum atomic E-state index is 14.3. The zero-order chi connectivity index (χ0) is 49.7. The molecule has 1 saturated heterocycles. The number of nitrogens with zero attached hydrogens (tertiary/aromatic N) is 2. The number of phenolic OH excluding ortho intramolecular Hbond substituents is 1. The Kier molecular flexibility index (Phi) is 19.6. The highest BCUT2D eigenvalue weighted by Gasteiger charge is 2.51. The van der Waals surface area contributed by atoms with Crippen LogP contribution in [0.2, 0.25) is 0 Å². The number of hydrogen-bond acceptors (Lipinski definition) is 11. The Balaban J connectivity index is 1.30. The third-order valence-corrected chi connectivity index (χ3v) is 14.1. The Morgan fingerprint density at radius 1 is 0.750 bits per heavy atom.